The van der Waals surface area contributed by atoms with E-state index in [-0.39, 0.29) is 6.04 Å². The van der Waals surface area contributed by atoms with Gasteiger partial charge in [-0.3, -0.25) is 10.00 Å². The number of aromatic amines is 1. The lowest BCUT2D eigenvalue weighted by atomic mass is 10.1. The quantitative estimate of drug-likeness (QED) is 0.896. The molecule has 0 aliphatic carbocycles. The number of piperazine rings is 1. The largest absolute Gasteiger partial charge is 0.369 e. The highest BCUT2D eigenvalue weighted by atomic mass is 15.3. The third-order valence-electron chi connectivity index (χ3n) is 4.14. The second kappa shape index (κ2) is 5.73. The van der Waals surface area contributed by atoms with Crippen LogP contribution in [-0.4, -0.2) is 46.3 Å². The molecule has 1 aliphatic rings. The summed E-state index contributed by atoms with van der Waals surface area (Å²) in [5.41, 5.74) is 8.20. The van der Waals surface area contributed by atoms with Crippen LogP contribution in [0.5, 0.6) is 0 Å². The summed E-state index contributed by atoms with van der Waals surface area (Å²) in [6.07, 6.45) is 0. The van der Waals surface area contributed by atoms with Crippen LogP contribution in [0.3, 0.4) is 0 Å². The molecule has 6 nitrogen and oxygen atoms in total. The molecule has 1 aliphatic heterocycles. The Labute approximate surface area is 125 Å². The van der Waals surface area contributed by atoms with Gasteiger partial charge in [-0.15, -0.1) is 5.10 Å². The fourth-order valence-electron chi connectivity index (χ4n) is 2.84. The number of nitrogens with one attached hydrogen (secondary N) is 1. The summed E-state index contributed by atoms with van der Waals surface area (Å²) in [4.78, 5) is 9.07. The van der Waals surface area contributed by atoms with E-state index in [1.807, 2.05) is 0 Å². The molecule has 0 radical (unpaired) electrons. The molecule has 21 heavy (non-hydrogen) atoms. The average molecular weight is 286 g/mol. The van der Waals surface area contributed by atoms with Gasteiger partial charge in [0, 0.05) is 31.9 Å². The maximum Gasteiger partial charge on any atom is 0.239 e. The van der Waals surface area contributed by atoms with Crippen molar-refractivity contribution in [1.29, 1.82) is 0 Å². The lowest BCUT2D eigenvalue weighted by Crippen LogP contribution is -2.47. The number of nitrogens with two attached hydrogens (primary N) is 1. The van der Waals surface area contributed by atoms with Crippen LogP contribution >= 0.6 is 0 Å². The average Bonchev–Trinajstić information content (AvgIpc) is 2.93. The maximum absolute atomic E-state index is 5.58. The van der Waals surface area contributed by atoms with Crippen LogP contribution in [-0.2, 0) is 0 Å². The summed E-state index contributed by atoms with van der Waals surface area (Å²) in [5, 5.41) is 6.82. The van der Waals surface area contributed by atoms with E-state index in [1.54, 1.807) is 0 Å². The fourth-order valence-corrected chi connectivity index (χ4v) is 2.84. The van der Waals surface area contributed by atoms with Gasteiger partial charge in [0.15, 0.2) is 0 Å². The number of nitrogens with zero attached hydrogens (tertiary/aromatic N) is 4. The number of hydrogen-bond acceptors (Lipinski definition) is 5. The minimum atomic E-state index is 0.217. The SMILES string of the molecule is Cc1cccc(N2CCN(C(C)c3nc(N)n[nH]3)CC2)c1. The van der Waals surface area contributed by atoms with Gasteiger partial charge in [-0.2, -0.15) is 4.98 Å². The Morgan fingerprint density at radius 2 is 2.00 bits per heavy atom. The standard InChI is InChI=1S/C15H22N6/c1-11-4-3-5-13(10-11)21-8-6-20(7-9-21)12(2)14-17-15(16)19-18-14/h3-5,10,12H,6-9H2,1-2H3,(H3,16,17,18,19). The Morgan fingerprint density at radius 3 is 2.62 bits per heavy atom. The zero-order valence-corrected chi connectivity index (χ0v) is 12.6. The van der Waals surface area contributed by atoms with Crippen LogP contribution in [0.4, 0.5) is 11.6 Å². The summed E-state index contributed by atoms with van der Waals surface area (Å²) < 4.78 is 0. The van der Waals surface area contributed by atoms with Gasteiger partial charge >= 0.3 is 0 Å². The van der Waals surface area contributed by atoms with Crippen LogP contribution < -0.4 is 10.6 Å². The van der Waals surface area contributed by atoms with Crippen molar-refractivity contribution in [3.05, 3.63) is 35.7 Å². The molecule has 1 aromatic heterocycles. The number of aryl methyl sites for hydroxylation is 1. The normalized spacial score (nSPS) is 17.9. The smallest absolute Gasteiger partial charge is 0.239 e. The molecule has 112 valence electrons. The molecule has 0 saturated carbocycles. The van der Waals surface area contributed by atoms with Crippen LogP contribution in [0.1, 0.15) is 24.4 Å². The number of nitrogen functional groups attached to an aromatic ring is 1. The van der Waals surface area contributed by atoms with Crippen molar-refractivity contribution >= 4 is 11.6 Å². The van der Waals surface area contributed by atoms with Crippen molar-refractivity contribution in [2.75, 3.05) is 36.8 Å². The second-order valence-corrected chi connectivity index (χ2v) is 5.62. The molecule has 3 rings (SSSR count). The first-order valence-electron chi connectivity index (χ1n) is 7.37. The molecular weight excluding hydrogens is 264 g/mol. The number of aromatic nitrogens is 3. The third-order valence-corrected chi connectivity index (χ3v) is 4.14. The van der Waals surface area contributed by atoms with E-state index in [9.17, 15) is 0 Å². The zero-order valence-electron chi connectivity index (χ0n) is 12.6. The number of H-pyrrole nitrogens is 1. The van der Waals surface area contributed by atoms with Crippen LogP contribution in [0.15, 0.2) is 24.3 Å². The molecule has 3 N–H and O–H groups in total. The Hall–Kier alpha value is -2.08. The molecule has 1 unspecified atom stereocenters. The van der Waals surface area contributed by atoms with Crippen molar-refractivity contribution in [2.24, 2.45) is 0 Å². The minimum absolute atomic E-state index is 0.217. The predicted molar refractivity (Wildman–Crippen MR) is 84.2 cm³/mol. The van der Waals surface area contributed by atoms with Gasteiger partial charge in [0.1, 0.15) is 5.82 Å². The molecule has 1 fully saturated rings. The van der Waals surface area contributed by atoms with E-state index in [1.165, 1.54) is 11.3 Å². The predicted octanol–water partition coefficient (Wildman–Crippen LogP) is 1.58. The Balaban J connectivity index is 1.62. The maximum atomic E-state index is 5.58. The van der Waals surface area contributed by atoms with E-state index in [0.29, 0.717) is 5.95 Å². The molecule has 0 spiro atoms. The Kier molecular flexibility index (Phi) is 3.79. The van der Waals surface area contributed by atoms with Gasteiger partial charge in [-0.05, 0) is 31.5 Å². The van der Waals surface area contributed by atoms with E-state index in [4.69, 9.17) is 5.73 Å². The van der Waals surface area contributed by atoms with E-state index < -0.39 is 0 Å². The summed E-state index contributed by atoms with van der Waals surface area (Å²) in [5.74, 6) is 1.16. The summed E-state index contributed by atoms with van der Waals surface area (Å²) in [7, 11) is 0. The van der Waals surface area contributed by atoms with Gasteiger partial charge in [-0.1, -0.05) is 12.1 Å². The fraction of sp³-hybridized carbons (Fsp3) is 0.467. The van der Waals surface area contributed by atoms with Crippen molar-refractivity contribution in [3.63, 3.8) is 0 Å². The minimum Gasteiger partial charge on any atom is -0.369 e. The number of anilines is 2. The molecule has 2 heterocycles. The Morgan fingerprint density at radius 1 is 1.24 bits per heavy atom. The highest BCUT2D eigenvalue weighted by molar-refractivity contribution is 5.48. The van der Waals surface area contributed by atoms with E-state index in [0.717, 1.165) is 32.0 Å². The summed E-state index contributed by atoms with van der Waals surface area (Å²) in [6.45, 7) is 8.35. The lowest BCUT2D eigenvalue weighted by Gasteiger charge is -2.38. The number of benzene rings is 1. The van der Waals surface area contributed by atoms with Gasteiger partial charge in [-0.25, -0.2) is 0 Å². The van der Waals surface area contributed by atoms with Gasteiger partial charge < -0.3 is 10.6 Å². The van der Waals surface area contributed by atoms with Crippen molar-refractivity contribution in [2.45, 2.75) is 19.9 Å². The first-order valence-corrected chi connectivity index (χ1v) is 7.37. The monoisotopic (exact) mass is 286 g/mol. The first-order chi connectivity index (χ1) is 10.1. The molecule has 0 amide bonds. The topological polar surface area (TPSA) is 74.1 Å². The second-order valence-electron chi connectivity index (χ2n) is 5.62. The molecule has 1 atom stereocenters. The molecule has 2 aromatic rings. The number of rotatable bonds is 3. The number of hydrogen-bond donors (Lipinski definition) is 2. The van der Waals surface area contributed by atoms with E-state index in [2.05, 4.69) is 63.1 Å². The third kappa shape index (κ3) is 3.00. The van der Waals surface area contributed by atoms with Crippen LogP contribution in [0.2, 0.25) is 0 Å². The summed E-state index contributed by atoms with van der Waals surface area (Å²) in [6, 6.07) is 8.90. The summed E-state index contributed by atoms with van der Waals surface area (Å²) >= 11 is 0. The molecule has 6 heteroatoms. The van der Waals surface area contributed by atoms with E-state index >= 15 is 0 Å². The Bertz CT molecular complexity index is 600. The molecule has 1 saturated heterocycles. The van der Waals surface area contributed by atoms with Crippen molar-refractivity contribution in [1.82, 2.24) is 20.1 Å². The van der Waals surface area contributed by atoms with Gasteiger partial charge in [0.05, 0.1) is 6.04 Å². The highest BCUT2D eigenvalue weighted by Crippen LogP contribution is 2.22. The highest BCUT2D eigenvalue weighted by Gasteiger charge is 2.24. The molecule has 0 bridgehead atoms. The first kappa shape index (κ1) is 13.9. The van der Waals surface area contributed by atoms with Crippen molar-refractivity contribution in [3.8, 4) is 0 Å². The van der Waals surface area contributed by atoms with Crippen molar-refractivity contribution < 1.29 is 0 Å². The van der Waals surface area contributed by atoms with Gasteiger partial charge in [0.2, 0.25) is 5.95 Å². The molecular formula is C15H22N6. The van der Waals surface area contributed by atoms with Crippen LogP contribution in [0.25, 0.3) is 0 Å². The molecule has 1 aromatic carbocycles. The van der Waals surface area contributed by atoms with Crippen LogP contribution in [0, 0.1) is 6.92 Å². The lowest BCUT2D eigenvalue weighted by molar-refractivity contribution is 0.192. The van der Waals surface area contributed by atoms with Gasteiger partial charge in [0.25, 0.3) is 0 Å². The zero-order chi connectivity index (χ0) is 14.8.